The van der Waals surface area contributed by atoms with Gasteiger partial charge in [-0.15, -0.1) is 0 Å². The Morgan fingerprint density at radius 2 is 1.91 bits per heavy atom. The average Bonchev–Trinajstić information content (AvgIpc) is 2.53. The number of rotatable bonds is 7. The molecule has 1 aromatic heterocycles. The molecule has 0 radical (unpaired) electrons. The van der Waals surface area contributed by atoms with Crippen LogP contribution < -0.4 is 10.6 Å². The van der Waals surface area contributed by atoms with Gasteiger partial charge in [-0.3, -0.25) is 4.79 Å². The molecule has 1 heterocycles. The van der Waals surface area contributed by atoms with Crippen molar-refractivity contribution in [2.45, 2.75) is 39.7 Å². The quantitative estimate of drug-likeness (QED) is 0.824. The fraction of sp³-hybridized carbons (Fsp3) is 0.389. The summed E-state index contributed by atoms with van der Waals surface area (Å²) < 4.78 is 0. The van der Waals surface area contributed by atoms with Crippen LogP contribution >= 0.6 is 0 Å². The molecule has 2 N–H and O–H groups in total. The largest absolute Gasteiger partial charge is 0.369 e. The number of anilines is 1. The van der Waals surface area contributed by atoms with Gasteiger partial charge in [-0.05, 0) is 12.5 Å². The molecule has 0 aliphatic carbocycles. The van der Waals surface area contributed by atoms with E-state index < -0.39 is 0 Å². The van der Waals surface area contributed by atoms with Gasteiger partial charge in [-0.25, -0.2) is 9.97 Å². The summed E-state index contributed by atoms with van der Waals surface area (Å²) in [5, 5.41) is 6.11. The zero-order valence-corrected chi connectivity index (χ0v) is 14.0. The lowest BCUT2D eigenvalue weighted by molar-refractivity contribution is -0.121. The smallest absolute Gasteiger partial charge is 0.222 e. The maximum absolute atomic E-state index is 11.9. The van der Waals surface area contributed by atoms with Gasteiger partial charge in [-0.2, -0.15) is 0 Å². The molecule has 2 rings (SSSR count). The molecule has 0 fully saturated rings. The van der Waals surface area contributed by atoms with E-state index in [9.17, 15) is 4.79 Å². The second kappa shape index (κ2) is 8.27. The van der Waals surface area contributed by atoms with Gasteiger partial charge < -0.3 is 10.6 Å². The first kappa shape index (κ1) is 16.9. The van der Waals surface area contributed by atoms with Crippen molar-refractivity contribution in [1.82, 2.24) is 15.3 Å². The molecule has 1 amide bonds. The first-order chi connectivity index (χ1) is 11.0. The van der Waals surface area contributed by atoms with E-state index in [2.05, 4.69) is 34.4 Å². The van der Waals surface area contributed by atoms with E-state index in [0.717, 1.165) is 22.9 Å². The molecule has 0 aliphatic heterocycles. The van der Waals surface area contributed by atoms with Crippen LogP contribution in [0.3, 0.4) is 0 Å². The Morgan fingerprint density at radius 3 is 2.61 bits per heavy atom. The van der Waals surface area contributed by atoms with Crippen molar-refractivity contribution in [2.24, 2.45) is 0 Å². The molecule has 5 nitrogen and oxygen atoms in total. The van der Waals surface area contributed by atoms with Gasteiger partial charge in [0.1, 0.15) is 11.6 Å². The summed E-state index contributed by atoms with van der Waals surface area (Å²) in [6.07, 6.45) is 0.410. The zero-order valence-electron chi connectivity index (χ0n) is 14.0. The topological polar surface area (TPSA) is 66.9 Å². The SMILES string of the molecule is Cc1cc(NCCC(=O)NCc2ccccc2)nc(C(C)C)n1. The van der Waals surface area contributed by atoms with Crippen molar-refractivity contribution in [2.75, 3.05) is 11.9 Å². The van der Waals surface area contributed by atoms with Gasteiger partial charge in [0.25, 0.3) is 0 Å². The maximum atomic E-state index is 11.9. The number of aryl methyl sites for hydroxylation is 1. The van der Waals surface area contributed by atoms with Crippen LogP contribution in [0, 0.1) is 6.92 Å². The third-order valence-corrected chi connectivity index (χ3v) is 3.38. The van der Waals surface area contributed by atoms with Gasteiger partial charge in [0.05, 0.1) is 0 Å². The summed E-state index contributed by atoms with van der Waals surface area (Å²) in [6, 6.07) is 11.8. The Kier molecular flexibility index (Phi) is 6.09. The fourth-order valence-corrected chi connectivity index (χ4v) is 2.13. The molecule has 23 heavy (non-hydrogen) atoms. The third-order valence-electron chi connectivity index (χ3n) is 3.38. The molecule has 0 spiro atoms. The van der Waals surface area contributed by atoms with Crippen LogP contribution in [0.25, 0.3) is 0 Å². The number of amides is 1. The third kappa shape index (κ3) is 5.70. The molecule has 0 saturated heterocycles. The van der Waals surface area contributed by atoms with E-state index in [0.29, 0.717) is 19.5 Å². The highest BCUT2D eigenvalue weighted by molar-refractivity contribution is 5.76. The molecule has 0 unspecified atom stereocenters. The number of nitrogens with zero attached hydrogens (tertiary/aromatic N) is 2. The minimum atomic E-state index is 0.0243. The number of nitrogens with one attached hydrogen (secondary N) is 2. The Morgan fingerprint density at radius 1 is 1.17 bits per heavy atom. The van der Waals surface area contributed by atoms with Gasteiger partial charge in [0.2, 0.25) is 5.91 Å². The minimum Gasteiger partial charge on any atom is -0.369 e. The lowest BCUT2D eigenvalue weighted by atomic mass is 10.2. The van der Waals surface area contributed by atoms with Crippen LogP contribution in [0.15, 0.2) is 36.4 Å². The summed E-state index contributed by atoms with van der Waals surface area (Å²) in [5.74, 6) is 1.90. The molecule has 0 bridgehead atoms. The van der Waals surface area contributed by atoms with Crippen molar-refractivity contribution >= 4 is 11.7 Å². The average molecular weight is 312 g/mol. The van der Waals surface area contributed by atoms with Gasteiger partial charge in [-0.1, -0.05) is 44.2 Å². The number of carbonyl (C=O) groups excluding carboxylic acids is 1. The number of hydrogen-bond acceptors (Lipinski definition) is 4. The summed E-state index contributed by atoms with van der Waals surface area (Å²) in [5.41, 5.74) is 2.03. The molecule has 2 aromatic rings. The second-order valence-electron chi connectivity index (χ2n) is 5.85. The Balaban J connectivity index is 1.77. The van der Waals surface area contributed by atoms with Crippen LogP contribution in [0.5, 0.6) is 0 Å². The van der Waals surface area contributed by atoms with E-state index in [1.54, 1.807) is 0 Å². The summed E-state index contributed by atoms with van der Waals surface area (Å²) in [4.78, 5) is 20.7. The molecule has 5 heteroatoms. The highest BCUT2D eigenvalue weighted by Gasteiger charge is 2.07. The summed E-state index contributed by atoms with van der Waals surface area (Å²) >= 11 is 0. The number of aromatic nitrogens is 2. The lowest BCUT2D eigenvalue weighted by Crippen LogP contribution is -2.25. The Bertz CT molecular complexity index is 641. The first-order valence-corrected chi connectivity index (χ1v) is 7.94. The Hall–Kier alpha value is -2.43. The molecule has 0 saturated carbocycles. The van der Waals surface area contributed by atoms with Crippen LogP contribution in [0.1, 0.15) is 43.3 Å². The van der Waals surface area contributed by atoms with Crippen LogP contribution in [-0.4, -0.2) is 22.4 Å². The van der Waals surface area contributed by atoms with Crippen molar-refractivity contribution in [3.63, 3.8) is 0 Å². The fourth-order valence-electron chi connectivity index (χ4n) is 2.13. The van der Waals surface area contributed by atoms with Crippen molar-refractivity contribution in [3.05, 3.63) is 53.5 Å². The molecule has 0 atom stereocenters. The van der Waals surface area contributed by atoms with E-state index in [4.69, 9.17) is 0 Å². The van der Waals surface area contributed by atoms with Crippen molar-refractivity contribution in [1.29, 1.82) is 0 Å². The molecular weight excluding hydrogens is 288 g/mol. The van der Waals surface area contributed by atoms with Gasteiger partial charge in [0.15, 0.2) is 0 Å². The van der Waals surface area contributed by atoms with Crippen molar-refractivity contribution in [3.8, 4) is 0 Å². The molecular formula is C18H24N4O. The van der Waals surface area contributed by atoms with E-state index in [1.165, 1.54) is 0 Å². The van der Waals surface area contributed by atoms with Crippen LogP contribution in [-0.2, 0) is 11.3 Å². The van der Waals surface area contributed by atoms with Crippen LogP contribution in [0.2, 0.25) is 0 Å². The predicted octanol–water partition coefficient (Wildman–Crippen LogP) is 3.03. The Labute approximate surface area is 137 Å². The second-order valence-corrected chi connectivity index (χ2v) is 5.85. The predicted molar refractivity (Wildman–Crippen MR) is 92.3 cm³/mol. The summed E-state index contributed by atoms with van der Waals surface area (Å²) in [6.45, 7) is 7.19. The molecule has 1 aromatic carbocycles. The summed E-state index contributed by atoms with van der Waals surface area (Å²) in [7, 11) is 0. The van der Waals surface area contributed by atoms with Crippen molar-refractivity contribution < 1.29 is 4.79 Å². The van der Waals surface area contributed by atoms with E-state index >= 15 is 0 Å². The van der Waals surface area contributed by atoms with E-state index in [1.807, 2.05) is 43.3 Å². The first-order valence-electron chi connectivity index (χ1n) is 7.94. The monoisotopic (exact) mass is 312 g/mol. The zero-order chi connectivity index (χ0) is 16.7. The number of carbonyl (C=O) groups is 1. The highest BCUT2D eigenvalue weighted by atomic mass is 16.1. The standard InChI is InChI=1S/C18H24N4O/c1-13(2)18-21-14(3)11-16(22-18)19-10-9-17(23)20-12-15-7-5-4-6-8-15/h4-8,11,13H,9-10,12H2,1-3H3,(H,20,23)(H,19,21,22). The number of hydrogen-bond donors (Lipinski definition) is 2. The van der Waals surface area contributed by atoms with Gasteiger partial charge >= 0.3 is 0 Å². The molecule has 0 aliphatic rings. The number of benzene rings is 1. The minimum absolute atomic E-state index is 0.0243. The molecule has 122 valence electrons. The lowest BCUT2D eigenvalue weighted by Gasteiger charge is -2.10. The highest BCUT2D eigenvalue weighted by Crippen LogP contribution is 2.13. The maximum Gasteiger partial charge on any atom is 0.222 e. The van der Waals surface area contributed by atoms with Gasteiger partial charge in [0, 0.05) is 37.2 Å². The normalized spacial score (nSPS) is 10.6. The van der Waals surface area contributed by atoms with Crippen LogP contribution in [0.4, 0.5) is 5.82 Å². The van der Waals surface area contributed by atoms with E-state index in [-0.39, 0.29) is 11.8 Å².